The second-order valence-corrected chi connectivity index (χ2v) is 6.14. The number of nitrogens with one attached hydrogen (secondary N) is 1. The standard InChI is InChI=1S/C17H24N4O/c1-13-11-16-15(19-12-13)3-4-17(22)21(16)10-9-20-7-5-14(18-2)6-8-20/h3-4,11-12,14,18H,5-10H2,1-2H3. The molecule has 2 aromatic rings. The third-order valence-electron chi connectivity index (χ3n) is 4.61. The van der Waals surface area contributed by atoms with Gasteiger partial charge in [0.1, 0.15) is 0 Å². The molecule has 1 N–H and O–H groups in total. The van der Waals surface area contributed by atoms with Gasteiger partial charge in [0.15, 0.2) is 0 Å². The van der Waals surface area contributed by atoms with E-state index in [1.54, 1.807) is 6.07 Å². The van der Waals surface area contributed by atoms with Crippen LogP contribution in [0.25, 0.3) is 11.0 Å². The molecule has 3 heterocycles. The van der Waals surface area contributed by atoms with E-state index in [-0.39, 0.29) is 5.56 Å². The molecule has 3 rings (SSSR count). The zero-order chi connectivity index (χ0) is 15.5. The Balaban J connectivity index is 1.75. The lowest BCUT2D eigenvalue weighted by Gasteiger charge is -2.31. The molecule has 0 bridgehead atoms. The highest BCUT2D eigenvalue weighted by molar-refractivity contribution is 5.74. The number of pyridine rings is 2. The van der Waals surface area contributed by atoms with E-state index in [0.29, 0.717) is 6.04 Å². The van der Waals surface area contributed by atoms with Gasteiger partial charge in [0, 0.05) is 31.4 Å². The molecule has 0 atom stereocenters. The minimum atomic E-state index is 0.0602. The van der Waals surface area contributed by atoms with Gasteiger partial charge in [-0.2, -0.15) is 0 Å². The maximum Gasteiger partial charge on any atom is 0.251 e. The summed E-state index contributed by atoms with van der Waals surface area (Å²) in [5, 5.41) is 3.35. The maximum absolute atomic E-state index is 12.2. The number of hydrogen-bond donors (Lipinski definition) is 1. The van der Waals surface area contributed by atoms with E-state index >= 15 is 0 Å². The minimum Gasteiger partial charge on any atom is -0.317 e. The van der Waals surface area contributed by atoms with Gasteiger partial charge in [-0.3, -0.25) is 9.78 Å². The van der Waals surface area contributed by atoms with Gasteiger partial charge in [-0.25, -0.2) is 0 Å². The molecule has 1 saturated heterocycles. The van der Waals surface area contributed by atoms with Crippen molar-refractivity contribution < 1.29 is 0 Å². The van der Waals surface area contributed by atoms with Gasteiger partial charge in [-0.15, -0.1) is 0 Å². The molecule has 0 spiro atoms. The highest BCUT2D eigenvalue weighted by Gasteiger charge is 2.17. The minimum absolute atomic E-state index is 0.0602. The van der Waals surface area contributed by atoms with Gasteiger partial charge in [-0.05, 0) is 57.6 Å². The molecule has 118 valence electrons. The van der Waals surface area contributed by atoms with Crippen molar-refractivity contribution in [2.75, 3.05) is 26.7 Å². The van der Waals surface area contributed by atoms with E-state index in [1.165, 1.54) is 12.8 Å². The van der Waals surface area contributed by atoms with E-state index in [2.05, 4.69) is 21.3 Å². The number of aryl methyl sites for hydroxylation is 1. The first kappa shape index (κ1) is 15.2. The molecule has 1 aliphatic rings. The monoisotopic (exact) mass is 300 g/mol. The largest absolute Gasteiger partial charge is 0.317 e. The van der Waals surface area contributed by atoms with E-state index in [9.17, 15) is 4.79 Å². The smallest absolute Gasteiger partial charge is 0.251 e. The molecule has 0 amide bonds. The van der Waals surface area contributed by atoms with Gasteiger partial charge >= 0.3 is 0 Å². The Morgan fingerprint density at radius 2 is 2.05 bits per heavy atom. The summed E-state index contributed by atoms with van der Waals surface area (Å²) in [7, 11) is 2.03. The Hall–Kier alpha value is -1.72. The van der Waals surface area contributed by atoms with Gasteiger partial charge in [-0.1, -0.05) is 0 Å². The van der Waals surface area contributed by atoms with Crippen LogP contribution in [0.1, 0.15) is 18.4 Å². The third kappa shape index (κ3) is 3.20. The predicted molar refractivity (Wildman–Crippen MR) is 89.3 cm³/mol. The molecule has 5 heteroatoms. The van der Waals surface area contributed by atoms with Gasteiger partial charge in [0.05, 0.1) is 11.0 Å². The summed E-state index contributed by atoms with van der Waals surface area (Å²) in [5.41, 5.74) is 2.98. The van der Waals surface area contributed by atoms with Crippen LogP contribution in [0.3, 0.4) is 0 Å². The van der Waals surface area contributed by atoms with Gasteiger partial charge in [0.2, 0.25) is 0 Å². The second kappa shape index (κ2) is 6.58. The van der Waals surface area contributed by atoms with Crippen molar-refractivity contribution in [1.82, 2.24) is 19.8 Å². The molecule has 1 aliphatic heterocycles. The fourth-order valence-corrected chi connectivity index (χ4v) is 3.19. The van der Waals surface area contributed by atoms with Crippen molar-refractivity contribution in [1.29, 1.82) is 0 Å². The van der Waals surface area contributed by atoms with Crippen molar-refractivity contribution in [3.8, 4) is 0 Å². The van der Waals surface area contributed by atoms with E-state index in [1.807, 2.05) is 30.8 Å². The van der Waals surface area contributed by atoms with Crippen molar-refractivity contribution in [2.24, 2.45) is 0 Å². The quantitative estimate of drug-likeness (QED) is 0.927. The molecule has 2 aromatic heterocycles. The Bertz CT molecular complexity index is 701. The lowest BCUT2D eigenvalue weighted by atomic mass is 10.1. The van der Waals surface area contributed by atoms with E-state index in [0.717, 1.165) is 42.8 Å². The van der Waals surface area contributed by atoms with Crippen molar-refractivity contribution in [3.63, 3.8) is 0 Å². The number of fused-ring (bicyclic) bond motifs is 1. The molecule has 1 fully saturated rings. The molecule has 0 saturated carbocycles. The number of nitrogens with zero attached hydrogens (tertiary/aromatic N) is 3. The Morgan fingerprint density at radius 3 is 2.77 bits per heavy atom. The first-order valence-electron chi connectivity index (χ1n) is 8.03. The zero-order valence-corrected chi connectivity index (χ0v) is 13.4. The SMILES string of the molecule is CNC1CCN(CCn2c(=O)ccc3ncc(C)cc32)CC1. The lowest BCUT2D eigenvalue weighted by molar-refractivity contribution is 0.195. The molecule has 0 unspecified atom stereocenters. The fourth-order valence-electron chi connectivity index (χ4n) is 3.19. The average Bonchev–Trinajstić information content (AvgIpc) is 2.54. The summed E-state index contributed by atoms with van der Waals surface area (Å²) in [4.78, 5) is 19.1. The number of rotatable bonds is 4. The number of aromatic nitrogens is 2. The Morgan fingerprint density at radius 1 is 1.27 bits per heavy atom. The maximum atomic E-state index is 12.2. The van der Waals surface area contributed by atoms with E-state index in [4.69, 9.17) is 0 Å². The van der Waals surface area contributed by atoms with Gasteiger partial charge < -0.3 is 14.8 Å². The van der Waals surface area contributed by atoms with E-state index < -0.39 is 0 Å². The van der Waals surface area contributed by atoms with Crippen LogP contribution in [0.4, 0.5) is 0 Å². The molecular weight excluding hydrogens is 276 g/mol. The second-order valence-electron chi connectivity index (χ2n) is 6.14. The van der Waals surface area contributed by atoms with Crippen LogP contribution >= 0.6 is 0 Å². The highest BCUT2D eigenvalue weighted by Crippen LogP contribution is 2.13. The summed E-state index contributed by atoms with van der Waals surface area (Å²) < 4.78 is 1.86. The number of piperidine rings is 1. The predicted octanol–water partition coefficient (Wildman–Crippen LogP) is 1.39. The van der Waals surface area contributed by atoms with Crippen molar-refractivity contribution in [3.05, 3.63) is 40.3 Å². The van der Waals surface area contributed by atoms with Gasteiger partial charge in [0.25, 0.3) is 5.56 Å². The summed E-state index contributed by atoms with van der Waals surface area (Å²) in [6.07, 6.45) is 4.21. The summed E-state index contributed by atoms with van der Waals surface area (Å²) in [6.45, 7) is 5.86. The highest BCUT2D eigenvalue weighted by atomic mass is 16.1. The van der Waals surface area contributed by atoms with Crippen LogP contribution in [-0.4, -0.2) is 47.2 Å². The molecular formula is C17H24N4O. The molecule has 0 aliphatic carbocycles. The first-order chi connectivity index (χ1) is 10.7. The number of likely N-dealkylation sites (tertiary alicyclic amines) is 1. The van der Waals surface area contributed by atoms with Crippen LogP contribution in [0, 0.1) is 6.92 Å². The zero-order valence-electron chi connectivity index (χ0n) is 13.4. The van der Waals surface area contributed by atoms with Crippen LogP contribution in [-0.2, 0) is 6.54 Å². The number of hydrogen-bond acceptors (Lipinski definition) is 4. The fraction of sp³-hybridized carbons (Fsp3) is 0.529. The Kier molecular flexibility index (Phi) is 4.55. The van der Waals surface area contributed by atoms with Crippen LogP contribution in [0.15, 0.2) is 29.2 Å². The van der Waals surface area contributed by atoms with Crippen molar-refractivity contribution in [2.45, 2.75) is 32.4 Å². The molecule has 0 radical (unpaired) electrons. The lowest BCUT2D eigenvalue weighted by Crippen LogP contribution is -2.42. The summed E-state index contributed by atoms with van der Waals surface area (Å²) in [6, 6.07) is 6.13. The topological polar surface area (TPSA) is 50.2 Å². The summed E-state index contributed by atoms with van der Waals surface area (Å²) in [5.74, 6) is 0. The Labute approximate surface area is 131 Å². The van der Waals surface area contributed by atoms with Crippen LogP contribution in [0.2, 0.25) is 0 Å². The first-order valence-corrected chi connectivity index (χ1v) is 8.03. The molecule has 5 nitrogen and oxygen atoms in total. The van der Waals surface area contributed by atoms with Crippen LogP contribution < -0.4 is 10.9 Å². The third-order valence-corrected chi connectivity index (χ3v) is 4.61. The average molecular weight is 300 g/mol. The normalized spacial score (nSPS) is 17.2. The molecule has 0 aromatic carbocycles. The molecule has 22 heavy (non-hydrogen) atoms. The van der Waals surface area contributed by atoms with Crippen molar-refractivity contribution >= 4 is 11.0 Å². The summed E-state index contributed by atoms with van der Waals surface area (Å²) >= 11 is 0. The van der Waals surface area contributed by atoms with Crippen LogP contribution in [0.5, 0.6) is 0 Å².